The molecule has 1 aliphatic heterocycles. The molecule has 1 aromatic heterocycles. The molecule has 1 aliphatic rings. The lowest BCUT2D eigenvalue weighted by Gasteiger charge is -2.11. The predicted molar refractivity (Wildman–Crippen MR) is 57.0 cm³/mol. The van der Waals surface area contributed by atoms with Crippen molar-refractivity contribution in [1.29, 1.82) is 0 Å². The third-order valence-electron chi connectivity index (χ3n) is 2.34. The summed E-state index contributed by atoms with van der Waals surface area (Å²) in [6.07, 6.45) is -0.405. The Hall–Kier alpha value is -0.550. The maximum Gasteiger partial charge on any atom is 0.148 e. The molecule has 1 aromatic rings. The maximum absolute atomic E-state index is 6.07. The second-order valence-electron chi connectivity index (χ2n) is 3.27. The molecule has 14 heavy (non-hydrogen) atoms. The lowest BCUT2D eigenvalue weighted by molar-refractivity contribution is 0.443. The summed E-state index contributed by atoms with van der Waals surface area (Å²) in [6, 6.07) is 0. The van der Waals surface area contributed by atoms with Crippen LogP contribution in [0.5, 0.6) is 0 Å². The number of nitrogens with one attached hydrogen (secondary N) is 1. The number of aromatic nitrogens is 1. The van der Waals surface area contributed by atoms with Crippen molar-refractivity contribution >= 4 is 29.2 Å². The fraction of sp³-hybridized carbons (Fsp3) is 0.375. The molecule has 2 heterocycles. The molecule has 1 unspecified atom stereocenters. The number of hydrazine groups is 1. The molecule has 0 fully saturated rings. The summed E-state index contributed by atoms with van der Waals surface area (Å²) in [4.78, 5) is 4.27. The Morgan fingerprint density at radius 3 is 2.79 bits per heavy atom. The third kappa shape index (κ3) is 1.26. The van der Waals surface area contributed by atoms with Crippen molar-refractivity contribution in [1.82, 2.24) is 9.51 Å². The summed E-state index contributed by atoms with van der Waals surface area (Å²) in [6.45, 7) is 3.76. The molecule has 0 radical (unpaired) electrons. The van der Waals surface area contributed by atoms with E-state index in [0.717, 1.165) is 16.8 Å². The summed E-state index contributed by atoms with van der Waals surface area (Å²) in [5.41, 5.74) is 11.3. The number of fused-ring (bicyclic) bond motifs is 1. The van der Waals surface area contributed by atoms with Crippen molar-refractivity contribution in [2.24, 2.45) is 5.73 Å². The second kappa shape index (κ2) is 3.24. The van der Waals surface area contributed by atoms with E-state index in [1.54, 1.807) is 0 Å². The van der Waals surface area contributed by atoms with Gasteiger partial charge in [-0.05, 0) is 19.4 Å². The topological polar surface area (TPSA) is 54.2 Å². The molecule has 0 bridgehead atoms. The van der Waals surface area contributed by atoms with Crippen molar-refractivity contribution in [3.05, 3.63) is 21.8 Å². The van der Waals surface area contributed by atoms with Crippen LogP contribution in [0.15, 0.2) is 0 Å². The molecule has 6 heteroatoms. The quantitative estimate of drug-likeness (QED) is 0.674. The summed E-state index contributed by atoms with van der Waals surface area (Å²) in [7, 11) is 0. The van der Waals surface area contributed by atoms with Crippen molar-refractivity contribution in [2.45, 2.75) is 20.0 Å². The fourth-order valence-corrected chi connectivity index (χ4v) is 1.90. The number of nitrogens with zero attached hydrogens (tertiary/aromatic N) is 2. The first kappa shape index (κ1) is 9.98. The number of hydrogen-bond acceptors (Lipinski definition) is 4. The normalized spacial score (nSPS) is 20.8. The first-order valence-electron chi connectivity index (χ1n) is 4.16. The first-order chi connectivity index (χ1) is 6.52. The Bertz CT molecular complexity index is 393. The number of aryl methyl sites for hydroxylation is 1. The van der Waals surface area contributed by atoms with Crippen LogP contribution in [0.1, 0.15) is 23.0 Å². The van der Waals surface area contributed by atoms with Gasteiger partial charge in [0.15, 0.2) is 0 Å². The number of halogens is 2. The molecular weight excluding hydrogens is 223 g/mol. The highest BCUT2D eigenvalue weighted by Crippen LogP contribution is 2.37. The van der Waals surface area contributed by atoms with E-state index in [0.29, 0.717) is 10.8 Å². The van der Waals surface area contributed by atoms with E-state index in [1.165, 1.54) is 4.53 Å². The second-order valence-corrected chi connectivity index (χ2v) is 4.01. The minimum atomic E-state index is -0.405. The van der Waals surface area contributed by atoms with Gasteiger partial charge in [0, 0.05) is 17.3 Å². The van der Waals surface area contributed by atoms with Gasteiger partial charge in [-0.3, -0.25) is 5.43 Å². The number of anilines is 1. The molecule has 0 aliphatic carbocycles. The summed E-state index contributed by atoms with van der Waals surface area (Å²) < 4.78 is 1.29. The number of hydrogen-bond donors (Lipinski definition) is 2. The lowest BCUT2D eigenvalue weighted by atomic mass is 10.1. The minimum Gasteiger partial charge on any atom is -0.309 e. The smallest absolute Gasteiger partial charge is 0.148 e. The summed E-state index contributed by atoms with van der Waals surface area (Å²) in [5.74, 6) is 0.687. The Balaban J connectivity index is 2.65. The third-order valence-corrected chi connectivity index (χ3v) is 3.19. The van der Waals surface area contributed by atoms with Gasteiger partial charge >= 0.3 is 0 Å². The van der Waals surface area contributed by atoms with Gasteiger partial charge in [0.05, 0.1) is 10.7 Å². The minimum absolute atomic E-state index is 0.405. The van der Waals surface area contributed by atoms with Gasteiger partial charge in [-0.1, -0.05) is 11.6 Å². The van der Waals surface area contributed by atoms with Crippen molar-refractivity contribution < 1.29 is 0 Å². The molecule has 0 aromatic carbocycles. The van der Waals surface area contributed by atoms with Crippen LogP contribution in [-0.4, -0.2) is 9.51 Å². The number of nitrogens with two attached hydrogens (primary N) is 1. The van der Waals surface area contributed by atoms with Crippen molar-refractivity contribution in [2.75, 3.05) is 5.43 Å². The molecule has 76 valence electrons. The van der Waals surface area contributed by atoms with Gasteiger partial charge in [0.2, 0.25) is 0 Å². The van der Waals surface area contributed by atoms with Gasteiger partial charge in [0.1, 0.15) is 12.0 Å². The van der Waals surface area contributed by atoms with Crippen LogP contribution in [0, 0.1) is 13.8 Å². The maximum atomic E-state index is 6.07. The zero-order valence-electron chi connectivity index (χ0n) is 7.81. The van der Waals surface area contributed by atoms with E-state index in [-0.39, 0.29) is 0 Å². The standard InChI is InChI=1S/C8H10Cl2N4/c1-3-5-7(11)14(10)13-8(5)12-4(2)6(3)9/h7H,11H2,1-2H3,(H,12,13). The van der Waals surface area contributed by atoms with Crippen LogP contribution in [0.4, 0.5) is 5.82 Å². The van der Waals surface area contributed by atoms with E-state index in [2.05, 4.69) is 10.4 Å². The van der Waals surface area contributed by atoms with Gasteiger partial charge in [-0.2, -0.15) is 0 Å². The largest absolute Gasteiger partial charge is 0.309 e. The van der Waals surface area contributed by atoms with Crippen LogP contribution < -0.4 is 11.2 Å². The number of rotatable bonds is 0. The molecule has 1 atom stereocenters. The number of pyridine rings is 1. The molecule has 2 rings (SSSR count). The van der Waals surface area contributed by atoms with E-state index >= 15 is 0 Å². The van der Waals surface area contributed by atoms with Crippen molar-refractivity contribution in [3.8, 4) is 0 Å². The van der Waals surface area contributed by atoms with E-state index in [9.17, 15) is 0 Å². The van der Waals surface area contributed by atoms with E-state index in [1.807, 2.05) is 13.8 Å². The fourth-order valence-electron chi connectivity index (χ4n) is 1.58. The lowest BCUT2D eigenvalue weighted by Crippen LogP contribution is -2.24. The van der Waals surface area contributed by atoms with Gasteiger partial charge in [-0.15, -0.1) is 4.53 Å². The molecule has 4 nitrogen and oxygen atoms in total. The summed E-state index contributed by atoms with van der Waals surface area (Å²) in [5, 5.41) is 0.646. The average Bonchev–Trinajstić information content (AvgIpc) is 2.39. The van der Waals surface area contributed by atoms with Gasteiger partial charge in [0.25, 0.3) is 0 Å². The van der Waals surface area contributed by atoms with E-state index in [4.69, 9.17) is 29.1 Å². The Morgan fingerprint density at radius 1 is 1.50 bits per heavy atom. The molecule has 3 N–H and O–H groups in total. The Labute approximate surface area is 92.1 Å². The molecule has 0 saturated carbocycles. The van der Waals surface area contributed by atoms with Crippen LogP contribution in [-0.2, 0) is 0 Å². The van der Waals surface area contributed by atoms with E-state index < -0.39 is 6.17 Å². The van der Waals surface area contributed by atoms with Gasteiger partial charge in [-0.25, -0.2) is 4.98 Å². The highest BCUT2D eigenvalue weighted by Gasteiger charge is 2.30. The SMILES string of the molecule is Cc1nc2c(c(C)c1Cl)C(N)N(Cl)N2. The zero-order valence-corrected chi connectivity index (χ0v) is 9.32. The molecular formula is C8H10Cl2N4. The van der Waals surface area contributed by atoms with Crippen molar-refractivity contribution in [3.63, 3.8) is 0 Å². The van der Waals surface area contributed by atoms with Crippen LogP contribution in [0.25, 0.3) is 0 Å². The molecule has 0 spiro atoms. The predicted octanol–water partition coefficient (Wildman–Crippen LogP) is 2.11. The average molecular weight is 233 g/mol. The van der Waals surface area contributed by atoms with Gasteiger partial charge < -0.3 is 5.73 Å². The Kier molecular flexibility index (Phi) is 2.31. The van der Waals surface area contributed by atoms with Crippen LogP contribution in [0.3, 0.4) is 0 Å². The Morgan fingerprint density at radius 2 is 2.14 bits per heavy atom. The van der Waals surface area contributed by atoms with Crippen LogP contribution in [0.2, 0.25) is 5.02 Å². The first-order valence-corrected chi connectivity index (χ1v) is 4.88. The summed E-state index contributed by atoms with van der Waals surface area (Å²) >= 11 is 11.9. The highest BCUT2D eigenvalue weighted by atomic mass is 35.5. The highest BCUT2D eigenvalue weighted by molar-refractivity contribution is 6.32. The zero-order chi connectivity index (χ0) is 10.5. The molecule has 0 amide bonds. The van der Waals surface area contributed by atoms with Crippen LogP contribution >= 0.6 is 23.4 Å². The molecule has 0 saturated heterocycles. The monoisotopic (exact) mass is 232 g/mol.